The minimum atomic E-state index is -0.0753. The SMILES string of the molecule is CCOCCCNCC(=O)Nc1cccc(Cl)c1. The third-order valence-electron chi connectivity index (χ3n) is 2.24. The number of carbonyl (C=O) groups excluding carboxylic acids is 1. The van der Waals surface area contributed by atoms with Crippen molar-refractivity contribution in [3.63, 3.8) is 0 Å². The lowest BCUT2D eigenvalue weighted by atomic mass is 10.3. The van der Waals surface area contributed by atoms with Gasteiger partial charge in [0.15, 0.2) is 0 Å². The fraction of sp³-hybridized carbons (Fsp3) is 0.462. The third-order valence-corrected chi connectivity index (χ3v) is 2.48. The van der Waals surface area contributed by atoms with E-state index in [-0.39, 0.29) is 5.91 Å². The summed E-state index contributed by atoms with van der Waals surface area (Å²) in [7, 11) is 0. The molecule has 100 valence electrons. The molecule has 0 radical (unpaired) electrons. The van der Waals surface area contributed by atoms with Crippen molar-refractivity contribution in [1.82, 2.24) is 5.32 Å². The van der Waals surface area contributed by atoms with Crippen LogP contribution in [0.1, 0.15) is 13.3 Å². The number of nitrogens with one attached hydrogen (secondary N) is 2. The quantitative estimate of drug-likeness (QED) is 0.713. The van der Waals surface area contributed by atoms with Gasteiger partial charge in [0.1, 0.15) is 0 Å². The van der Waals surface area contributed by atoms with Gasteiger partial charge < -0.3 is 15.4 Å². The first kappa shape index (κ1) is 15.0. The van der Waals surface area contributed by atoms with Gasteiger partial charge in [-0.25, -0.2) is 0 Å². The lowest BCUT2D eigenvalue weighted by Gasteiger charge is -2.07. The lowest BCUT2D eigenvalue weighted by molar-refractivity contribution is -0.115. The van der Waals surface area contributed by atoms with Crippen LogP contribution in [0.4, 0.5) is 5.69 Å². The van der Waals surface area contributed by atoms with Gasteiger partial charge in [0.05, 0.1) is 6.54 Å². The zero-order valence-electron chi connectivity index (χ0n) is 10.5. The minimum Gasteiger partial charge on any atom is -0.382 e. The first-order chi connectivity index (χ1) is 8.72. The first-order valence-electron chi connectivity index (χ1n) is 6.06. The summed E-state index contributed by atoms with van der Waals surface area (Å²) in [6, 6.07) is 7.09. The lowest BCUT2D eigenvalue weighted by Crippen LogP contribution is -2.29. The first-order valence-corrected chi connectivity index (χ1v) is 6.44. The van der Waals surface area contributed by atoms with Crippen LogP contribution >= 0.6 is 11.6 Å². The summed E-state index contributed by atoms with van der Waals surface area (Å²) < 4.78 is 5.19. The van der Waals surface area contributed by atoms with Crippen molar-refractivity contribution in [3.05, 3.63) is 29.3 Å². The van der Waals surface area contributed by atoms with Crippen LogP contribution in [-0.4, -0.2) is 32.2 Å². The van der Waals surface area contributed by atoms with Crippen molar-refractivity contribution in [1.29, 1.82) is 0 Å². The average Bonchev–Trinajstić information content (AvgIpc) is 2.33. The molecule has 0 aliphatic heterocycles. The van der Waals surface area contributed by atoms with Crippen LogP contribution in [0.2, 0.25) is 5.02 Å². The number of ether oxygens (including phenoxy) is 1. The van der Waals surface area contributed by atoms with Crippen LogP contribution in [0.15, 0.2) is 24.3 Å². The third kappa shape index (κ3) is 6.59. The van der Waals surface area contributed by atoms with Gasteiger partial charge in [-0.15, -0.1) is 0 Å². The number of anilines is 1. The van der Waals surface area contributed by atoms with Crippen molar-refractivity contribution >= 4 is 23.2 Å². The Bertz CT molecular complexity index is 372. The zero-order valence-corrected chi connectivity index (χ0v) is 11.3. The Morgan fingerprint density at radius 2 is 2.28 bits per heavy atom. The van der Waals surface area contributed by atoms with Crippen LogP contribution < -0.4 is 10.6 Å². The molecule has 18 heavy (non-hydrogen) atoms. The Morgan fingerprint density at radius 3 is 3.00 bits per heavy atom. The number of carbonyl (C=O) groups is 1. The molecular formula is C13H19ClN2O2. The Labute approximate surface area is 113 Å². The smallest absolute Gasteiger partial charge is 0.238 e. The van der Waals surface area contributed by atoms with E-state index < -0.39 is 0 Å². The van der Waals surface area contributed by atoms with E-state index in [1.165, 1.54) is 0 Å². The topological polar surface area (TPSA) is 50.4 Å². The standard InChI is InChI=1S/C13H19ClN2O2/c1-2-18-8-4-7-15-10-13(17)16-12-6-3-5-11(14)9-12/h3,5-6,9,15H,2,4,7-8,10H2,1H3,(H,16,17). The molecule has 0 aliphatic rings. The van der Waals surface area contributed by atoms with Gasteiger partial charge >= 0.3 is 0 Å². The molecular weight excluding hydrogens is 252 g/mol. The van der Waals surface area contributed by atoms with Gasteiger partial charge in [-0.2, -0.15) is 0 Å². The second-order valence-corrected chi connectivity index (χ2v) is 4.22. The van der Waals surface area contributed by atoms with E-state index in [0.717, 1.165) is 26.2 Å². The molecule has 0 saturated heterocycles. The molecule has 1 aromatic rings. The van der Waals surface area contributed by atoms with E-state index >= 15 is 0 Å². The van der Waals surface area contributed by atoms with Crippen molar-refractivity contribution in [2.24, 2.45) is 0 Å². The maximum Gasteiger partial charge on any atom is 0.238 e. The van der Waals surface area contributed by atoms with Gasteiger partial charge in [-0.3, -0.25) is 4.79 Å². The van der Waals surface area contributed by atoms with E-state index in [1.54, 1.807) is 24.3 Å². The summed E-state index contributed by atoms with van der Waals surface area (Å²) in [6.45, 7) is 4.47. The fourth-order valence-electron chi connectivity index (χ4n) is 1.42. The van der Waals surface area contributed by atoms with Crippen molar-refractivity contribution in [2.45, 2.75) is 13.3 Å². The summed E-state index contributed by atoms with van der Waals surface area (Å²) >= 11 is 5.82. The molecule has 0 unspecified atom stereocenters. The molecule has 0 bridgehead atoms. The van der Waals surface area contributed by atoms with Crippen molar-refractivity contribution in [3.8, 4) is 0 Å². The summed E-state index contributed by atoms with van der Waals surface area (Å²) in [5.74, 6) is -0.0753. The van der Waals surface area contributed by atoms with Gasteiger partial charge in [-0.05, 0) is 38.1 Å². The summed E-state index contributed by atoms with van der Waals surface area (Å²) in [6.07, 6.45) is 0.901. The molecule has 1 amide bonds. The number of halogens is 1. The van der Waals surface area contributed by atoms with Crippen molar-refractivity contribution in [2.75, 3.05) is 31.6 Å². The highest BCUT2D eigenvalue weighted by atomic mass is 35.5. The Hall–Kier alpha value is -1.10. The molecule has 0 atom stereocenters. The maximum absolute atomic E-state index is 11.6. The van der Waals surface area contributed by atoms with E-state index in [9.17, 15) is 4.79 Å². The highest BCUT2D eigenvalue weighted by molar-refractivity contribution is 6.30. The monoisotopic (exact) mass is 270 g/mol. The van der Waals surface area contributed by atoms with Crippen molar-refractivity contribution < 1.29 is 9.53 Å². The second-order valence-electron chi connectivity index (χ2n) is 3.79. The molecule has 4 nitrogen and oxygen atoms in total. The van der Waals surface area contributed by atoms with Crippen LogP contribution in [0.25, 0.3) is 0 Å². The molecule has 0 saturated carbocycles. The van der Waals surface area contributed by atoms with Crippen LogP contribution in [0, 0.1) is 0 Å². The molecule has 5 heteroatoms. The Morgan fingerprint density at radius 1 is 1.44 bits per heavy atom. The normalized spacial score (nSPS) is 10.3. The van der Waals surface area contributed by atoms with Gasteiger partial charge in [0, 0.05) is 23.9 Å². The van der Waals surface area contributed by atoms with Crippen LogP contribution in [0.5, 0.6) is 0 Å². The highest BCUT2D eigenvalue weighted by Crippen LogP contribution is 2.14. The van der Waals surface area contributed by atoms with Gasteiger partial charge in [-0.1, -0.05) is 17.7 Å². The van der Waals surface area contributed by atoms with Gasteiger partial charge in [0.25, 0.3) is 0 Å². The fourth-order valence-corrected chi connectivity index (χ4v) is 1.61. The summed E-state index contributed by atoms with van der Waals surface area (Å²) in [5.41, 5.74) is 0.712. The molecule has 0 fully saturated rings. The van der Waals surface area contributed by atoms with Gasteiger partial charge in [0.2, 0.25) is 5.91 Å². The molecule has 2 N–H and O–H groups in total. The van der Waals surface area contributed by atoms with Crippen LogP contribution in [-0.2, 0) is 9.53 Å². The molecule has 0 aromatic heterocycles. The number of hydrogen-bond acceptors (Lipinski definition) is 3. The van der Waals surface area contributed by atoms with E-state index in [1.807, 2.05) is 6.92 Å². The second kappa shape index (κ2) is 8.91. The average molecular weight is 271 g/mol. The van der Waals surface area contributed by atoms with E-state index in [2.05, 4.69) is 10.6 Å². The Kier molecular flexibility index (Phi) is 7.41. The largest absolute Gasteiger partial charge is 0.382 e. The predicted octanol–water partition coefficient (Wildman–Crippen LogP) is 2.29. The molecule has 1 aromatic carbocycles. The van der Waals surface area contributed by atoms with Crippen LogP contribution in [0.3, 0.4) is 0 Å². The zero-order chi connectivity index (χ0) is 13.2. The molecule has 0 aliphatic carbocycles. The maximum atomic E-state index is 11.6. The highest BCUT2D eigenvalue weighted by Gasteiger charge is 2.01. The molecule has 0 heterocycles. The summed E-state index contributed by atoms with van der Waals surface area (Å²) in [5, 5.41) is 6.43. The number of amides is 1. The minimum absolute atomic E-state index is 0.0753. The van der Waals surface area contributed by atoms with E-state index in [4.69, 9.17) is 16.3 Å². The van der Waals surface area contributed by atoms with E-state index in [0.29, 0.717) is 17.3 Å². The molecule has 1 rings (SSSR count). The predicted molar refractivity (Wildman–Crippen MR) is 74.1 cm³/mol. The number of rotatable bonds is 8. The number of benzene rings is 1. The summed E-state index contributed by atoms with van der Waals surface area (Å²) in [4.78, 5) is 11.6. The Balaban J connectivity index is 2.14. The number of hydrogen-bond donors (Lipinski definition) is 2. The molecule has 0 spiro atoms.